The minimum absolute atomic E-state index is 0.0711. The standard InChI is InChI=1S/C17H21N3O/c1-5-20-12(2)10-15(13(20)3)11-18-16-6-8-17(9-7-16)19-14(4)21/h6-11H,5H2,1-4H3,(H,19,21). The second-order valence-corrected chi connectivity index (χ2v) is 5.06. The average molecular weight is 283 g/mol. The molecule has 1 aromatic heterocycles. The van der Waals surface area contributed by atoms with Crippen molar-refractivity contribution in [1.29, 1.82) is 0 Å². The summed E-state index contributed by atoms with van der Waals surface area (Å²) in [6.45, 7) is 8.82. The Morgan fingerprint density at radius 1 is 1.29 bits per heavy atom. The molecule has 0 unspecified atom stereocenters. The lowest BCUT2D eigenvalue weighted by Crippen LogP contribution is -2.04. The number of benzene rings is 1. The van der Waals surface area contributed by atoms with E-state index in [1.807, 2.05) is 30.5 Å². The maximum atomic E-state index is 11.0. The highest BCUT2D eigenvalue weighted by molar-refractivity contribution is 5.89. The summed E-state index contributed by atoms with van der Waals surface area (Å²) in [7, 11) is 0. The van der Waals surface area contributed by atoms with E-state index in [-0.39, 0.29) is 5.91 Å². The number of aryl methyl sites for hydroxylation is 1. The molecule has 4 heteroatoms. The zero-order valence-electron chi connectivity index (χ0n) is 13.0. The minimum Gasteiger partial charge on any atom is -0.349 e. The SMILES string of the molecule is CCn1c(C)cc(C=Nc2ccc(NC(C)=O)cc2)c1C. The summed E-state index contributed by atoms with van der Waals surface area (Å²) in [6, 6.07) is 9.63. The van der Waals surface area contributed by atoms with Gasteiger partial charge in [-0.1, -0.05) is 0 Å². The fraction of sp³-hybridized carbons (Fsp3) is 0.294. The van der Waals surface area contributed by atoms with Crippen LogP contribution in [-0.2, 0) is 11.3 Å². The molecule has 0 saturated carbocycles. The van der Waals surface area contributed by atoms with Crippen molar-refractivity contribution in [3.8, 4) is 0 Å². The molecule has 2 aromatic rings. The van der Waals surface area contributed by atoms with E-state index in [1.165, 1.54) is 18.3 Å². The van der Waals surface area contributed by atoms with Crippen molar-refractivity contribution in [2.75, 3.05) is 5.32 Å². The van der Waals surface area contributed by atoms with Crippen LogP contribution in [0.2, 0.25) is 0 Å². The molecule has 0 aliphatic rings. The number of hydrogen-bond donors (Lipinski definition) is 1. The van der Waals surface area contributed by atoms with Gasteiger partial charge < -0.3 is 9.88 Å². The highest BCUT2D eigenvalue weighted by atomic mass is 16.1. The van der Waals surface area contributed by atoms with E-state index in [0.717, 1.165) is 23.5 Å². The van der Waals surface area contributed by atoms with Gasteiger partial charge in [0.25, 0.3) is 0 Å². The molecule has 21 heavy (non-hydrogen) atoms. The van der Waals surface area contributed by atoms with E-state index < -0.39 is 0 Å². The first-order chi connectivity index (χ1) is 10.0. The van der Waals surface area contributed by atoms with E-state index in [9.17, 15) is 4.79 Å². The van der Waals surface area contributed by atoms with Crippen LogP contribution < -0.4 is 5.32 Å². The number of anilines is 1. The number of nitrogens with zero attached hydrogens (tertiary/aromatic N) is 2. The molecule has 0 saturated heterocycles. The van der Waals surface area contributed by atoms with Gasteiger partial charge in [0, 0.05) is 42.3 Å². The van der Waals surface area contributed by atoms with Gasteiger partial charge in [0.05, 0.1) is 5.69 Å². The average Bonchev–Trinajstić information content (AvgIpc) is 2.71. The first kappa shape index (κ1) is 15.0. The Kier molecular flexibility index (Phi) is 4.58. The number of aromatic nitrogens is 1. The molecular formula is C17H21N3O. The summed E-state index contributed by atoms with van der Waals surface area (Å²) in [5.74, 6) is -0.0711. The van der Waals surface area contributed by atoms with Gasteiger partial charge in [-0.2, -0.15) is 0 Å². The third kappa shape index (κ3) is 3.60. The molecule has 0 spiro atoms. The summed E-state index contributed by atoms with van der Waals surface area (Å²) in [4.78, 5) is 15.5. The Bertz CT molecular complexity index is 666. The maximum absolute atomic E-state index is 11.0. The van der Waals surface area contributed by atoms with Gasteiger partial charge in [-0.25, -0.2) is 0 Å². The zero-order valence-corrected chi connectivity index (χ0v) is 13.0. The van der Waals surface area contributed by atoms with Crippen LogP contribution in [0.1, 0.15) is 30.8 Å². The van der Waals surface area contributed by atoms with Crippen LogP contribution in [0.25, 0.3) is 0 Å². The van der Waals surface area contributed by atoms with E-state index in [4.69, 9.17) is 0 Å². The molecule has 1 amide bonds. The second kappa shape index (κ2) is 6.39. The van der Waals surface area contributed by atoms with Crippen molar-refractivity contribution < 1.29 is 4.79 Å². The number of amides is 1. The molecule has 1 aromatic carbocycles. The van der Waals surface area contributed by atoms with Gasteiger partial charge in [-0.3, -0.25) is 9.79 Å². The highest BCUT2D eigenvalue weighted by Crippen LogP contribution is 2.18. The summed E-state index contributed by atoms with van der Waals surface area (Å²) in [5, 5.41) is 2.74. The lowest BCUT2D eigenvalue weighted by molar-refractivity contribution is -0.114. The van der Waals surface area contributed by atoms with E-state index >= 15 is 0 Å². The van der Waals surface area contributed by atoms with Crippen molar-refractivity contribution in [1.82, 2.24) is 4.57 Å². The summed E-state index contributed by atoms with van der Waals surface area (Å²) in [6.07, 6.45) is 1.89. The first-order valence-corrected chi connectivity index (χ1v) is 7.09. The molecule has 0 atom stereocenters. The molecule has 0 radical (unpaired) electrons. The summed E-state index contributed by atoms with van der Waals surface area (Å²) >= 11 is 0. The lowest BCUT2D eigenvalue weighted by Gasteiger charge is -2.04. The van der Waals surface area contributed by atoms with Crippen LogP contribution in [0.4, 0.5) is 11.4 Å². The molecule has 0 fully saturated rings. The normalized spacial score (nSPS) is 11.0. The molecule has 4 nitrogen and oxygen atoms in total. The molecule has 2 rings (SSSR count). The number of nitrogens with one attached hydrogen (secondary N) is 1. The molecule has 0 aliphatic carbocycles. The van der Waals surface area contributed by atoms with Crippen LogP contribution >= 0.6 is 0 Å². The minimum atomic E-state index is -0.0711. The van der Waals surface area contributed by atoms with Crippen LogP contribution in [0.3, 0.4) is 0 Å². The van der Waals surface area contributed by atoms with Gasteiger partial charge >= 0.3 is 0 Å². The molecule has 110 valence electrons. The van der Waals surface area contributed by atoms with Gasteiger partial charge in [-0.05, 0) is 51.1 Å². The van der Waals surface area contributed by atoms with E-state index in [2.05, 4.69) is 41.7 Å². The monoisotopic (exact) mass is 283 g/mol. The van der Waals surface area contributed by atoms with E-state index in [1.54, 1.807) is 0 Å². The molecule has 0 bridgehead atoms. The number of rotatable bonds is 4. The van der Waals surface area contributed by atoms with Crippen molar-refractivity contribution in [2.24, 2.45) is 4.99 Å². The zero-order chi connectivity index (χ0) is 15.4. The second-order valence-electron chi connectivity index (χ2n) is 5.06. The van der Waals surface area contributed by atoms with Crippen molar-refractivity contribution >= 4 is 23.5 Å². The number of hydrogen-bond acceptors (Lipinski definition) is 2. The molecule has 0 aliphatic heterocycles. The predicted molar refractivity (Wildman–Crippen MR) is 87.6 cm³/mol. The van der Waals surface area contributed by atoms with Gasteiger partial charge in [0.15, 0.2) is 0 Å². The Labute approximate surface area is 125 Å². The van der Waals surface area contributed by atoms with Crippen LogP contribution in [0.5, 0.6) is 0 Å². The quantitative estimate of drug-likeness (QED) is 0.852. The smallest absolute Gasteiger partial charge is 0.221 e. The van der Waals surface area contributed by atoms with Gasteiger partial charge in [0.1, 0.15) is 0 Å². The number of carbonyl (C=O) groups excluding carboxylic acids is 1. The van der Waals surface area contributed by atoms with Crippen LogP contribution in [0, 0.1) is 13.8 Å². The summed E-state index contributed by atoms with van der Waals surface area (Å²) in [5.41, 5.74) is 5.27. The Morgan fingerprint density at radius 3 is 2.48 bits per heavy atom. The van der Waals surface area contributed by atoms with Gasteiger partial charge in [-0.15, -0.1) is 0 Å². The molecular weight excluding hydrogens is 262 g/mol. The number of aliphatic imine (C=N–C) groups is 1. The fourth-order valence-electron chi connectivity index (χ4n) is 2.42. The Hall–Kier alpha value is -2.36. The third-order valence-electron chi connectivity index (χ3n) is 3.47. The fourth-order valence-corrected chi connectivity index (χ4v) is 2.42. The maximum Gasteiger partial charge on any atom is 0.221 e. The van der Waals surface area contributed by atoms with Crippen molar-refractivity contribution in [3.63, 3.8) is 0 Å². The number of carbonyl (C=O) groups is 1. The van der Waals surface area contributed by atoms with Crippen LogP contribution in [-0.4, -0.2) is 16.7 Å². The van der Waals surface area contributed by atoms with Gasteiger partial charge in [0.2, 0.25) is 5.91 Å². The highest BCUT2D eigenvalue weighted by Gasteiger charge is 2.05. The first-order valence-electron chi connectivity index (χ1n) is 7.09. The lowest BCUT2D eigenvalue weighted by atomic mass is 10.2. The Balaban J connectivity index is 2.16. The van der Waals surface area contributed by atoms with Crippen molar-refractivity contribution in [2.45, 2.75) is 34.2 Å². The van der Waals surface area contributed by atoms with E-state index in [0.29, 0.717) is 0 Å². The topological polar surface area (TPSA) is 46.4 Å². The predicted octanol–water partition coefficient (Wildman–Crippen LogP) is 3.83. The Morgan fingerprint density at radius 2 is 1.95 bits per heavy atom. The largest absolute Gasteiger partial charge is 0.349 e. The van der Waals surface area contributed by atoms with Crippen LogP contribution in [0.15, 0.2) is 35.3 Å². The summed E-state index contributed by atoms with van der Waals surface area (Å²) < 4.78 is 2.27. The molecule has 1 N–H and O–H groups in total. The van der Waals surface area contributed by atoms with Crippen molar-refractivity contribution in [3.05, 3.63) is 47.3 Å². The molecule has 1 heterocycles. The third-order valence-corrected chi connectivity index (χ3v) is 3.47.